The van der Waals surface area contributed by atoms with Gasteiger partial charge in [0.1, 0.15) is 5.76 Å². The van der Waals surface area contributed by atoms with Gasteiger partial charge in [-0.25, -0.2) is 4.79 Å². The summed E-state index contributed by atoms with van der Waals surface area (Å²) in [7, 11) is 0. The van der Waals surface area contributed by atoms with E-state index in [0.29, 0.717) is 11.5 Å². The van der Waals surface area contributed by atoms with E-state index in [-0.39, 0.29) is 5.76 Å². The summed E-state index contributed by atoms with van der Waals surface area (Å²) in [6.45, 7) is 1.78. The van der Waals surface area contributed by atoms with Crippen LogP contribution >= 0.6 is 27.7 Å². The lowest BCUT2D eigenvalue weighted by Gasteiger charge is -2.01. The Kier molecular flexibility index (Phi) is 4.14. The molecule has 0 unspecified atom stereocenters. The van der Waals surface area contributed by atoms with Gasteiger partial charge in [-0.1, -0.05) is 22.0 Å². The fraction of sp³-hybridized carbons (Fsp3) is 0.154. The third-order valence-corrected chi connectivity index (χ3v) is 3.96. The van der Waals surface area contributed by atoms with Crippen molar-refractivity contribution in [3.8, 4) is 0 Å². The van der Waals surface area contributed by atoms with Crippen LogP contribution in [0.25, 0.3) is 0 Å². The standard InChI is InChI=1S/C13H11BrO3S/c1-8-9(5-12(17-8)13(15)16)7-18-11-4-2-3-10(14)6-11/h2-6H,7H2,1H3,(H,15,16). The zero-order valence-corrected chi connectivity index (χ0v) is 12.0. The van der Waals surface area contributed by atoms with Crippen molar-refractivity contribution in [2.75, 3.05) is 0 Å². The Labute approximate surface area is 117 Å². The van der Waals surface area contributed by atoms with Crippen molar-refractivity contribution >= 4 is 33.7 Å². The lowest BCUT2D eigenvalue weighted by molar-refractivity contribution is 0.0661. The number of rotatable bonds is 4. The number of carboxylic acid groups (broad SMARTS) is 1. The van der Waals surface area contributed by atoms with Crippen molar-refractivity contribution < 1.29 is 14.3 Å². The van der Waals surface area contributed by atoms with Gasteiger partial charge in [0, 0.05) is 20.7 Å². The first-order valence-electron chi connectivity index (χ1n) is 5.27. The summed E-state index contributed by atoms with van der Waals surface area (Å²) in [6.07, 6.45) is 0. The summed E-state index contributed by atoms with van der Waals surface area (Å²) in [5.74, 6) is 0.322. The van der Waals surface area contributed by atoms with Gasteiger partial charge < -0.3 is 9.52 Å². The summed E-state index contributed by atoms with van der Waals surface area (Å²) in [5, 5.41) is 8.84. The monoisotopic (exact) mass is 326 g/mol. The lowest BCUT2D eigenvalue weighted by atomic mass is 10.3. The van der Waals surface area contributed by atoms with E-state index in [1.165, 1.54) is 0 Å². The molecule has 0 radical (unpaired) electrons. The molecule has 0 fully saturated rings. The highest BCUT2D eigenvalue weighted by molar-refractivity contribution is 9.10. The predicted octanol–water partition coefficient (Wildman–Crippen LogP) is 4.34. The number of aromatic carboxylic acids is 1. The average Bonchev–Trinajstić information content (AvgIpc) is 2.68. The van der Waals surface area contributed by atoms with Crippen molar-refractivity contribution in [1.29, 1.82) is 0 Å². The number of benzene rings is 1. The second-order valence-electron chi connectivity index (χ2n) is 3.74. The molecule has 0 atom stereocenters. The molecule has 0 aliphatic carbocycles. The van der Waals surface area contributed by atoms with E-state index in [9.17, 15) is 4.79 Å². The smallest absolute Gasteiger partial charge is 0.371 e. The first-order valence-corrected chi connectivity index (χ1v) is 7.05. The fourth-order valence-corrected chi connectivity index (χ4v) is 3.03. The quantitative estimate of drug-likeness (QED) is 0.849. The molecule has 3 nitrogen and oxygen atoms in total. The lowest BCUT2D eigenvalue weighted by Crippen LogP contribution is -1.91. The second-order valence-corrected chi connectivity index (χ2v) is 5.71. The number of thioether (sulfide) groups is 1. The minimum absolute atomic E-state index is 0.00246. The Bertz CT molecular complexity index is 577. The molecule has 0 saturated carbocycles. The SMILES string of the molecule is Cc1oc(C(=O)O)cc1CSc1cccc(Br)c1. The number of aryl methyl sites for hydroxylation is 1. The molecule has 0 bridgehead atoms. The zero-order valence-electron chi connectivity index (χ0n) is 9.64. The number of hydrogen-bond acceptors (Lipinski definition) is 3. The summed E-state index contributed by atoms with van der Waals surface area (Å²) in [4.78, 5) is 11.9. The van der Waals surface area contributed by atoms with Gasteiger partial charge in [-0.15, -0.1) is 11.8 Å². The molecular weight excluding hydrogens is 316 g/mol. The largest absolute Gasteiger partial charge is 0.475 e. The number of hydrogen-bond donors (Lipinski definition) is 1. The van der Waals surface area contributed by atoms with Crippen LogP contribution in [0.5, 0.6) is 0 Å². The van der Waals surface area contributed by atoms with Crippen LogP contribution in [0.2, 0.25) is 0 Å². The molecule has 1 heterocycles. The predicted molar refractivity (Wildman–Crippen MR) is 74.1 cm³/mol. The van der Waals surface area contributed by atoms with E-state index in [1.54, 1.807) is 24.8 Å². The molecule has 1 aromatic heterocycles. The molecule has 0 aliphatic rings. The Morgan fingerprint density at radius 3 is 2.83 bits per heavy atom. The summed E-state index contributed by atoms with van der Waals surface area (Å²) in [5.41, 5.74) is 0.914. The van der Waals surface area contributed by atoms with Crippen LogP contribution in [-0.4, -0.2) is 11.1 Å². The third-order valence-electron chi connectivity index (χ3n) is 2.42. The highest BCUT2D eigenvalue weighted by atomic mass is 79.9. The normalized spacial score (nSPS) is 10.6. The number of furan rings is 1. The molecular formula is C13H11BrO3S. The van der Waals surface area contributed by atoms with Gasteiger partial charge in [0.15, 0.2) is 0 Å². The van der Waals surface area contributed by atoms with Gasteiger partial charge in [-0.2, -0.15) is 0 Å². The maximum absolute atomic E-state index is 10.8. The van der Waals surface area contributed by atoms with Gasteiger partial charge in [0.2, 0.25) is 5.76 Å². The van der Waals surface area contributed by atoms with Gasteiger partial charge in [-0.05, 0) is 31.2 Å². The van der Waals surface area contributed by atoms with E-state index in [4.69, 9.17) is 9.52 Å². The number of carboxylic acids is 1. The van der Waals surface area contributed by atoms with Gasteiger partial charge in [-0.3, -0.25) is 0 Å². The minimum atomic E-state index is -1.03. The van der Waals surface area contributed by atoms with Gasteiger partial charge in [0.05, 0.1) is 0 Å². The van der Waals surface area contributed by atoms with E-state index < -0.39 is 5.97 Å². The van der Waals surface area contributed by atoms with Crippen LogP contribution in [0.4, 0.5) is 0 Å². The van der Waals surface area contributed by atoms with Gasteiger partial charge in [0.25, 0.3) is 0 Å². The Balaban J connectivity index is 2.08. The minimum Gasteiger partial charge on any atom is -0.475 e. The van der Waals surface area contributed by atoms with Crippen LogP contribution in [0.3, 0.4) is 0 Å². The van der Waals surface area contributed by atoms with Crippen molar-refractivity contribution in [1.82, 2.24) is 0 Å². The molecule has 5 heteroatoms. The van der Waals surface area contributed by atoms with Crippen LogP contribution in [0, 0.1) is 6.92 Å². The van der Waals surface area contributed by atoms with Crippen LogP contribution in [-0.2, 0) is 5.75 Å². The van der Waals surface area contributed by atoms with Crippen molar-refractivity contribution in [2.24, 2.45) is 0 Å². The Morgan fingerprint density at radius 2 is 2.22 bits per heavy atom. The Hall–Kier alpha value is -1.20. The van der Waals surface area contributed by atoms with Crippen LogP contribution in [0.15, 0.2) is 44.1 Å². The average molecular weight is 327 g/mol. The number of halogens is 1. The molecule has 1 N–H and O–H groups in total. The topological polar surface area (TPSA) is 50.4 Å². The molecule has 94 valence electrons. The van der Waals surface area contributed by atoms with Gasteiger partial charge >= 0.3 is 5.97 Å². The molecule has 0 saturated heterocycles. The highest BCUT2D eigenvalue weighted by Gasteiger charge is 2.13. The van der Waals surface area contributed by atoms with Crippen molar-refractivity contribution in [3.05, 3.63) is 51.9 Å². The molecule has 18 heavy (non-hydrogen) atoms. The highest BCUT2D eigenvalue weighted by Crippen LogP contribution is 2.27. The van der Waals surface area contributed by atoms with E-state index in [2.05, 4.69) is 15.9 Å². The van der Waals surface area contributed by atoms with E-state index >= 15 is 0 Å². The van der Waals surface area contributed by atoms with E-state index in [1.807, 2.05) is 24.3 Å². The first kappa shape index (κ1) is 13.2. The maximum Gasteiger partial charge on any atom is 0.371 e. The van der Waals surface area contributed by atoms with Crippen LogP contribution in [0.1, 0.15) is 21.9 Å². The maximum atomic E-state index is 10.8. The fourth-order valence-electron chi connectivity index (χ4n) is 1.49. The number of carbonyl (C=O) groups is 1. The molecule has 0 amide bonds. The summed E-state index contributed by atoms with van der Waals surface area (Å²) in [6, 6.07) is 9.57. The molecule has 2 rings (SSSR count). The second kappa shape index (κ2) is 5.63. The summed E-state index contributed by atoms with van der Waals surface area (Å²) < 4.78 is 6.20. The molecule has 1 aromatic carbocycles. The van der Waals surface area contributed by atoms with E-state index in [0.717, 1.165) is 14.9 Å². The molecule has 2 aromatic rings. The van der Waals surface area contributed by atoms with Crippen LogP contribution < -0.4 is 0 Å². The van der Waals surface area contributed by atoms with Crippen molar-refractivity contribution in [3.63, 3.8) is 0 Å². The molecule has 0 spiro atoms. The first-order chi connectivity index (χ1) is 8.56. The zero-order chi connectivity index (χ0) is 13.1. The Morgan fingerprint density at radius 1 is 1.44 bits per heavy atom. The van der Waals surface area contributed by atoms with Crippen molar-refractivity contribution in [2.45, 2.75) is 17.6 Å². The third kappa shape index (κ3) is 3.17. The molecule has 0 aliphatic heterocycles. The summed E-state index contributed by atoms with van der Waals surface area (Å²) >= 11 is 5.06.